The van der Waals surface area contributed by atoms with Gasteiger partial charge in [0.15, 0.2) is 0 Å². The van der Waals surface area contributed by atoms with E-state index >= 15 is 0 Å². The normalized spacial score (nSPS) is 31.1. The minimum atomic E-state index is 0.389. The Kier molecular flexibility index (Phi) is 1.38. The van der Waals surface area contributed by atoms with Crippen molar-refractivity contribution in [1.29, 1.82) is 0 Å². The summed E-state index contributed by atoms with van der Waals surface area (Å²) in [6.45, 7) is 0. The fraction of sp³-hybridized carbons (Fsp3) is 0.556. The molecule has 0 radical (unpaired) electrons. The summed E-state index contributed by atoms with van der Waals surface area (Å²) in [7, 11) is 0. The lowest BCUT2D eigenvalue weighted by Crippen LogP contribution is -2.19. The van der Waals surface area contributed by atoms with Crippen LogP contribution in [0.5, 0.6) is 0 Å². The zero-order chi connectivity index (χ0) is 6.97. The summed E-state index contributed by atoms with van der Waals surface area (Å²) in [5, 5.41) is 0. The van der Waals surface area contributed by atoms with Crippen molar-refractivity contribution in [2.45, 2.75) is 31.7 Å². The van der Waals surface area contributed by atoms with Gasteiger partial charge in [-0.15, -0.1) is 0 Å². The molecule has 0 amide bonds. The number of hydrogen-bond donors (Lipinski definition) is 1. The molecule has 2 aliphatic rings. The molecule has 0 aromatic carbocycles. The van der Waals surface area contributed by atoms with Crippen molar-refractivity contribution in [3.05, 3.63) is 23.3 Å². The van der Waals surface area contributed by atoms with Gasteiger partial charge in [-0.2, -0.15) is 0 Å². The Bertz CT molecular complexity index is 201. The Hall–Kier alpha value is -0.560. The Morgan fingerprint density at radius 2 is 2.30 bits per heavy atom. The summed E-state index contributed by atoms with van der Waals surface area (Å²) in [6, 6.07) is 0.389. The molecule has 0 unspecified atom stereocenters. The molecule has 2 rings (SSSR count). The van der Waals surface area contributed by atoms with Crippen molar-refractivity contribution in [3.8, 4) is 0 Å². The smallest absolute Gasteiger partial charge is 0.0262 e. The molecule has 1 heteroatoms. The van der Waals surface area contributed by atoms with Gasteiger partial charge in [0.1, 0.15) is 0 Å². The highest BCUT2D eigenvalue weighted by molar-refractivity contribution is 5.36. The average Bonchev–Trinajstić information content (AvgIpc) is 2.34. The molecule has 10 heavy (non-hydrogen) atoms. The molecular weight excluding hydrogens is 122 g/mol. The lowest BCUT2D eigenvalue weighted by Gasteiger charge is -2.11. The first kappa shape index (κ1) is 6.17. The zero-order valence-electron chi connectivity index (χ0n) is 6.14. The van der Waals surface area contributed by atoms with E-state index in [0.29, 0.717) is 6.04 Å². The van der Waals surface area contributed by atoms with Crippen LogP contribution >= 0.6 is 0 Å². The van der Waals surface area contributed by atoms with Gasteiger partial charge in [-0.05, 0) is 31.3 Å². The van der Waals surface area contributed by atoms with E-state index in [1.165, 1.54) is 36.8 Å². The maximum absolute atomic E-state index is 5.90. The summed E-state index contributed by atoms with van der Waals surface area (Å²) in [5.41, 5.74) is 8.95. The first-order valence-electron chi connectivity index (χ1n) is 4.02. The van der Waals surface area contributed by atoms with E-state index < -0.39 is 0 Å². The molecule has 1 atom stereocenters. The highest BCUT2D eigenvalue weighted by Gasteiger charge is 2.21. The topological polar surface area (TPSA) is 26.0 Å². The van der Waals surface area contributed by atoms with Crippen molar-refractivity contribution in [3.63, 3.8) is 0 Å². The van der Waals surface area contributed by atoms with Crippen molar-refractivity contribution >= 4 is 0 Å². The van der Waals surface area contributed by atoms with Gasteiger partial charge in [0.25, 0.3) is 0 Å². The van der Waals surface area contributed by atoms with E-state index in [1.807, 2.05) is 0 Å². The van der Waals surface area contributed by atoms with Gasteiger partial charge in [-0.1, -0.05) is 17.7 Å². The Labute approximate surface area is 61.6 Å². The summed E-state index contributed by atoms with van der Waals surface area (Å²) in [6.07, 6.45) is 9.32. The van der Waals surface area contributed by atoms with Crippen molar-refractivity contribution in [2.75, 3.05) is 0 Å². The fourth-order valence-electron chi connectivity index (χ4n) is 1.88. The highest BCUT2D eigenvalue weighted by Crippen LogP contribution is 2.32. The molecule has 54 valence electrons. The lowest BCUT2D eigenvalue weighted by molar-refractivity contribution is 0.722. The molecule has 0 heterocycles. The first-order valence-corrected chi connectivity index (χ1v) is 4.02. The van der Waals surface area contributed by atoms with Gasteiger partial charge in [-0.25, -0.2) is 0 Å². The van der Waals surface area contributed by atoms with Crippen molar-refractivity contribution in [1.82, 2.24) is 0 Å². The molecule has 0 fully saturated rings. The standard InChI is InChI=1S/C9H13N/c10-9-6-5-7-3-1-2-4-8(7)9/h1,3,9H,2,4-6,10H2/t9-/m0/s1. The second kappa shape index (κ2) is 2.24. The van der Waals surface area contributed by atoms with E-state index in [9.17, 15) is 0 Å². The first-order chi connectivity index (χ1) is 4.88. The summed E-state index contributed by atoms with van der Waals surface area (Å²) < 4.78 is 0. The van der Waals surface area contributed by atoms with Crippen LogP contribution in [0.3, 0.4) is 0 Å². The monoisotopic (exact) mass is 135 g/mol. The molecule has 2 N–H and O–H groups in total. The van der Waals surface area contributed by atoms with Crippen LogP contribution in [0.2, 0.25) is 0 Å². The van der Waals surface area contributed by atoms with E-state index in [2.05, 4.69) is 12.2 Å². The maximum atomic E-state index is 5.90. The predicted octanol–water partition coefficient (Wildman–Crippen LogP) is 1.75. The molecule has 0 aliphatic heterocycles. The third kappa shape index (κ3) is 0.816. The van der Waals surface area contributed by atoms with E-state index in [0.717, 1.165) is 0 Å². The van der Waals surface area contributed by atoms with E-state index in [4.69, 9.17) is 5.73 Å². The largest absolute Gasteiger partial charge is 0.324 e. The Morgan fingerprint density at radius 3 is 3.10 bits per heavy atom. The van der Waals surface area contributed by atoms with Gasteiger partial charge in [0.05, 0.1) is 0 Å². The molecule has 1 nitrogen and oxygen atoms in total. The lowest BCUT2D eigenvalue weighted by atomic mass is 9.98. The van der Waals surface area contributed by atoms with Crippen LogP contribution in [-0.2, 0) is 0 Å². The van der Waals surface area contributed by atoms with Crippen LogP contribution in [0, 0.1) is 0 Å². The van der Waals surface area contributed by atoms with Crippen LogP contribution in [0.4, 0.5) is 0 Å². The maximum Gasteiger partial charge on any atom is 0.0262 e. The highest BCUT2D eigenvalue weighted by atomic mass is 14.6. The molecule has 0 aromatic heterocycles. The zero-order valence-corrected chi connectivity index (χ0v) is 6.14. The predicted molar refractivity (Wildman–Crippen MR) is 42.6 cm³/mol. The van der Waals surface area contributed by atoms with Crippen LogP contribution < -0.4 is 5.73 Å². The van der Waals surface area contributed by atoms with E-state index in [-0.39, 0.29) is 0 Å². The van der Waals surface area contributed by atoms with Gasteiger partial charge in [-0.3, -0.25) is 0 Å². The van der Waals surface area contributed by atoms with Crippen molar-refractivity contribution in [2.24, 2.45) is 5.73 Å². The number of hydrogen-bond acceptors (Lipinski definition) is 1. The number of nitrogens with two attached hydrogens (primary N) is 1. The molecule has 0 aromatic rings. The molecule has 0 bridgehead atoms. The Balaban J connectivity index is 2.29. The third-order valence-electron chi connectivity index (χ3n) is 2.48. The fourth-order valence-corrected chi connectivity index (χ4v) is 1.88. The van der Waals surface area contributed by atoms with Gasteiger partial charge >= 0.3 is 0 Å². The van der Waals surface area contributed by atoms with Gasteiger partial charge in [0, 0.05) is 6.04 Å². The summed E-state index contributed by atoms with van der Waals surface area (Å²) >= 11 is 0. The second-order valence-electron chi connectivity index (χ2n) is 3.14. The number of rotatable bonds is 0. The average molecular weight is 135 g/mol. The van der Waals surface area contributed by atoms with Crippen LogP contribution in [0.1, 0.15) is 25.7 Å². The molecule has 2 aliphatic carbocycles. The van der Waals surface area contributed by atoms with Crippen LogP contribution in [0.25, 0.3) is 0 Å². The quantitative estimate of drug-likeness (QED) is 0.538. The summed E-state index contributed by atoms with van der Waals surface area (Å²) in [5.74, 6) is 0. The minimum absolute atomic E-state index is 0.389. The summed E-state index contributed by atoms with van der Waals surface area (Å²) in [4.78, 5) is 0. The molecular formula is C9H13N. The number of allylic oxidation sites excluding steroid dienone is 3. The third-order valence-corrected chi connectivity index (χ3v) is 2.48. The van der Waals surface area contributed by atoms with Crippen LogP contribution in [0.15, 0.2) is 23.3 Å². The Morgan fingerprint density at radius 1 is 1.40 bits per heavy atom. The molecule has 0 saturated heterocycles. The van der Waals surface area contributed by atoms with Gasteiger partial charge in [0.2, 0.25) is 0 Å². The van der Waals surface area contributed by atoms with Crippen molar-refractivity contribution < 1.29 is 0 Å². The minimum Gasteiger partial charge on any atom is -0.324 e. The van der Waals surface area contributed by atoms with E-state index in [1.54, 1.807) is 0 Å². The SMILES string of the molecule is N[C@H]1CCC2=C1CCC=C2. The molecule has 0 saturated carbocycles. The molecule has 0 spiro atoms. The van der Waals surface area contributed by atoms with Crippen LogP contribution in [-0.4, -0.2) is 6.04 Å². The van der Waals surface area contributed by atoms with Gasteiger partial charge < -0.3 is 5.73 Å². The second-order valence-corrected chi connectivity index (χ2v) is 3.14.